The number of para-hydroxylation sites is 1. The maximum atomic E-state index is 6.06. The molecular weight excluding hydrogens is 210 g/mol. The topological polar surface area (TPSA) is 21.3 Å². The van der Waals surface area contributed by atoms with Gasteiger partial charge in [-0.3, -0.25) is 0 Å². The van der Waals surface area contributed by atoms with Gasteiger partial charge in [0, 0.05) is 12.5 Å². The Balaban J connectivity index is 2.03. The van der Waals surface area contributed by atoms with Crippen LogP contribution in [0.3, 0.4) is 0 Å². The van der Waals surface area contributed by atoms with Gasteiger partial charge in [-0.25, -0.2) is 0 Å². The molecule has 2 rings (SSSR count). The molecule has 0 saturated heterocycles. The fourth-order valence-electron chi connectivity index (χ4n) is 2.52. The van der Waals surface area contributed by atoms with Crippen molar-refractivity contribution in [2.24, 2.45) is 5.92 Å². The van der Waals surface area contributed by atoms with Gasteiger partial charge in [-0.15, -0.1) is 0 Å². The molecule has 0 saturated carbocycles. The van der Waals surface area contributed by atoms with E-state index in [0.717, 1.165) is 18.7 Å². The molecule has 0 fully saturated rings. The molecule has 0 aliphatic carbocycles. The minimum Gasteiger partial charge on any atom is -0.488 e. The molecule has 0 radical (unpaired) electrons. The van der Waals surface area contributed by atoms with Crippen LogP contribution in [0.1, 0.15) is 32.8 Å². The van der Waals surface area contributed by atoms with Crippen molar-refractivity contribution in [1.82, 2.24) is 5.32 Å². The van der Waals surface area contributed by atoms with Crippen LogP contribution >= 0.6 is 0 Å². The molecular formula is C15H23NO. The summed E-state index contributed by atoms with van der Waals surface area (Å²) in [5.41, 5.74) is 1.35. The van der Waals surface area contributed by atoms with E-state index in [1.165, 1.54) is 12.0 Å². The maximum Gasteiger partial charge on any atom is 0.123 e. The molecule has 0 aromatic heterocycles. The standard InChI is InChI=1S/C15H23NO/c1-4-9-16-15(11(2)3)14-10-12-7-5-6-8-13(12)17-14/h5-8,11,14-16H,4,9-10H2,1-3H3. The lowest BCUT2D eigenvalue weighted by molar-refractivity contribution is 0.150. The molecule has 1 aromatic rings. The van der Waals surface area contributed by atoms with E-state index in [1.807, 2.05) is 6.07 Å². The summed E-state index contributed by atoms with van der Waals surface area (Å²) in [5.74, 6) is 1.67. The summed E-state index contributed by atoms with van der Waals surface area (Å²) >= 11 is 0. The van der Waals surface area contributed by atoms with E-state index in [-0.39, 0.29) is 0 Å². The van der Waals surface area contributed by atoms with E-state index in [0.29, 0.717) is 18.1 Å². The second-order valence-electron chi connectivity index (χ2n) is 5.19. The Bertz CT molecular complexity index is 337. The SMILES string of the molecule is CCCNC(C(C)C)C1Cc2ccccc2O1. The first kappa shape index (κ1) is 12.4. The normalized spacial score (nSPS) is 20.1. The average molecular weight is 233 g/mol. The van der Waals surface area contributed by atoms with Gasteiger partial charge in [0.15, 0.2) is 0 Å². The van der Waals surface area contributed by atoms with Gasteiger partial charge in [-0.1, -0.05) is 39.0 Å². The van der Waals surface area contributed by atoms with Gasteiger partial charge < -0.3 is 10.1 Å². The van der Waals surface area contributed by atoms with Gasteiger partial charge in [0.1, 0.15) is 11.9 Å². The molecule has 17 heavy (non-hydrogen) atoms. The summed E-state index contributed by atoms with van der Waals surface area (Å²) in [4.78, 5) is 0. The number of hydrogen-bond donors (Lipinski definition) is 1. The van der Waals surface area contributed by atoms with Crippen LogP contribution in [-0.4, -0.2) is 18.7 Å². The van der Waals surface area contributed by atoms with Crippen molar-refractivity contribution in [3.63, 3.8) is 0 Å². The molecule has 2 atom stereocenters. The first-order valence-electron chi connectivity index (χ1n) is 6.70. The number of fused-ring (bicyclic) bond motifs is 1. The Hall–Kier alpha value is -1.02. The number of nitrogens with one attached hydrogen (secondary N) is 1. The van der Waals surface area contributed by atoms with Gasteiger partial charge >= 0.3 is 0 Å². The van der Waals surface area contributed by atoms with Crippen LogP contribution in [0.4, 0.5) is 0 Å². The second-order valence-corrected chi connectivity index (χ2v) is 5.19. The summed E-state index contributed by atoms with van der Waals surface area (Å²) in [6.07, 6.45) is 2.50. The molecule has 1 heterocycles. The van der Waals surface area contributed by atoms with Gasteiger partial charge in [0.05, 0.1) is 0 Å². The highest BCUT2D eigenvalue weighted by molar-refractivity contribution is 5.37. The molecule has 1 aromatic carbocycles. The number of hydrogen-bond acceptors (Lipinski definition) is 2. The lowest BCUT2D eigenvalue weighted by Crippen LogP contribution is -2.46. The maximum absolute atomic E-state index is 6.06. The fraction of sp³-hybridized carbons (Fsp3) is 0.600. The molecule has 0 amide bonds. The van der Waals surface area contributed by atoms with Crippen LogP contribution in [0.5, 0.6) is 5.75 Å². The van der Waals surface area contributed by atoms with E-state index >= 15 is 0 Å². The third-order valence-corrected chi connectivity index (χ3v) is 3.42. The van der Waals surface area contributed by atoms with Gasteiger partial charge in [0.25, 0.3) is 0 Å². The van der Waals surface area contributed by atoms with E-state index in [1.54, 1.807) is 0 Å². The van der Waals surface area contributed by atoms with Crippen molar-refractivity contribution in [3.8, 4) is 5.75 Å². The monoisotopic (exact) mass is 233 g/mol. The van der Waals surface area contributed by atoms with E-state index in [4.69, 9.17) is 4.74 Å². The van der Waals surface area contributed by atoms with Crippen molar-refractivity contribution >= 4 is 0 Å². The van der Waals surface area contributed by atoms with Gasteiger partial charge in [-0.2, -0.15) is 0 Å². The Morgan fingerprint density at radius 3 is 2.76 bits per heavy atom. The Kier molecular flexibility index (Phi) is 4.06. The summed E-state index contributed by atoms with van der Waals surface area (Å²) in [7, 11) is 0. The first-order valence-corrected chi connectivity index (χ1v) is 6.70. The highest BCUT2D eigenvalue weighted by Gasteiger charge is 2.31. The predicted molar refractivity (Wildman–Crippen MR) is 71.5 cm³/mol. The molecule has 94 valence electrons. The summed E-state index contributed by atoms with van der Waals surface area (Å²) in [6, 6.07) is 8.83. The van der Waals surface area contributed by atoms with Crippen LogP contribution in [0.15, 0.2) is 24.3 Å². The quantitative estimate of drug-likeness (QED) is 0.844. The zero-order valence-electron chi connectivity index (χ0n) is 11.1. The number of rotatable bonds is 5. The molecule has 2 unspecified atom stereocenters. The Morgan fingerprint density at radius 2 is 2.12 bits per heavy atom. The van der Waals surface area contributed by atoms with E-state index in [9.17, 15) is 0 Å². The van der Waals surface area contributed by atoms with Gasteiger partial charge in [-0.05, 0) is 30.5 Å². The summed E-state index contributed by atoms with van der Waals surface area (Å²) in [5, 5.41) is 3.62. The van der Waals surface area contributed by atoms with Crippen LogP contribution in [-0.2, 0) is 6.42 Å². The lowest BCUT2D eigenvalue weighted by atomic mass is 9.95. The molecule has 1 aliphatic heterocycles. The molecule has 2 heteroatoms. The molecule has 1 N–H and O–H groups in total. The molecule has 2 nitrogen and oxygen atoms in total. The minimum absolute atomic E-state index is 0.291. The van der Waals surface area contributed by atoms with Crippen molar-refractivity contribution in [1.29, 1.82) is 0 Å². The smallest absolute Gasteiger partial charge is 0.123 e. The van der Waals surface area contributed by atoms with Gasteiger partial charge in [0.2, 0.25) is 0 Å². The predicted octanol–water partition coefficient (Wildman–Crippen LogP) is 3.01. The highest BCUT2D eigenvalue weighted by atomic mass is 16.5. The van der Waals surface area contributed by atoms with Crippen LogP contribution in [0.2, 0.25) is 0 Å². The van der Waals surface area contributed by atoms with Crippen molar-refractivity contribution in [2.75, 3.05) is 6.54 Å². The van der Waals surface area contributed by atoms with Crippen molar-refractivity contribution in [3.05, 3.63) is 29.8 Å². The Morgan fingerprint density at radius 1 is 1.35 bits per heavy atom. The fourth-order valence-corrected chi connectivity index (χ4v) is 2.52. The summed E-state index contributed by atoms with van der Waals surface area (Å²) in [6.45, 7) is 7.80. The van der Waals surface area contributed by atoms with E-state index < -0.39 is 0 Å². The van der Waals surface area contributed by atoms with Crippen LogP contribution in [0.25, 0.3) is 0 Å². The van der Waals surface area contributed by atoms with Crippen molar-refractivity contribution in [2.45, 2.75) is 45.8 Å². The zero-order chi connectivity index (χ0) is 12.3. The largest absolute Gasteiger partial charge is 0.488 e. The van der Waals surface area contributed by atoms with E-state index in [2.05, 4.69) is 44.3 Å². The Labute approximate surface area is 104 Å². The average Bonchev–Trinajstić information content (AvgIpc) is 2.72. The van der Waals surface area contributed by atoms with Crippen LogP contribution < -0.4 is 10.1 Å². The summed E-state index contributed by atoms with van der Waals surface area (Å²) < 4.78 is 6.06. The molecule has 0 bridgehead atoms. The lowest BCUT2D eigenvalue weighted by Gasteiger charge is -2.27. The molecule has 0 spiro atoms. The zero-order valence-corrected chi connectivity index (χ0v) is 11.1. The highest BCUT2D eigenvalue weighted by Crippen LogP contribution is 2.30. The minimum atomic E-state index is 0.291. The second kappa shape index (κ2) is 5.54. The van der Waals surface area contributed by atoms with Crippen LogP contribution in [0, 0.1) is 5.92 Å². The third kappa shape index (κ3) is 2.81. The van der Waals surface area contributed by atoms with Crippen molar-refractivity contribution < 1.29 is 4.74 Å². The first-order chi connectivity index (χ1) is 8.22. The molecule has 1 aliphatic rings. The third-order valence-electron chi connectivity index (χ3n) is 3.42. The number of ether oxygens (including phenoxy) is 1. The number of benzene rings is 1.